The zero-order valence-electron chi connectivity index (χ0n) is 20.7. The zero-order valence-corrected chi connectivity index (χ0v) is 20.7. The van der Waals surface area contributed by atoms with E-state index in [2.05, 4.69) is 39.0 Å². The number of hydrogen-bond acceptors (Lipinski definition) is 7. The van der Waals surface area contributed by atoms with Crippen molar-refractivity contribution in [3.05, 3.63) is 66.2 Å². The quantitative estimate of drug-likeness (QED) is 0.512. The van der Waals surface area contributed by atoms with E-state index in [1.54, 1.807) is 0 Å². The molecular formula is C28H37N3O4. The highest BCUT2D eigenvalue weighted by atomic mass is 16.5. The number of benzene rings is 2. The Bertz CT molecular complexity index is 924. The van der Waals surface area contributed by atoms with Crippen molar-refractivity contribution in [3.8, 4) is 0 Å². The maximum atomic E-state index is 12.8. The first-order valence-electron chi connectivity index (χ1n) is 12.7. The standard InChI is InChI=1S/C28H37N3O4/c1-34-28(33)24-12-14-30(15-13-24)26(20-27(32)35-22-23-8-4-2-5-9-23)21-29-16-18-31(19-17-29)25-10-6-3-7-11-25/h2-11,24,26H,12-22H2,1H3. The summed E-state index contributed by atoms with van der Waals surface area (Å²) in [7, 11) is 1.45. The first kappa shape index (κ1) is 25.2. The first-order valence-corrected chi connectivity index (χ1v) is 12.7. The maximum absolute atomic E-state index is 12.8. The lowest BCUT2D eigenvalue weighted by atomic mass is 9.95. The number of ether oxygens (including phenoxy) is 2. The summed E-state index contributed by atoms with van der Waals surface area (Å²) >= 11 is 0. The molecule has 1 unspecified atom stereocenters. The van der Waals surface area contributed by atoms with Crippen molar-refractivity contribution in [1.82, 2.24) is 9.80 Å². The average Bonchev–Trinajstić information content (AvgIpc) is 2.92. The highest BCUT2D eigenvalue weighted by Crippen LogP contribution is 2.23. The Morgan fingerprint density at radius 2 is 1.51 bits per heavy atom. The number of carbonyl (C=O) groups excluding carboxylic acids is 2. The van der Waals surface area contributed by atoms with Crippen molar-refractivity contribution in [2.24, 2.45) is 5.92 Å². The fourth-order valence-electron chi connectivity index (χ4n) is 5.09. The van der Waals surface area contributed by atoms with Crippen molar-refractivity contribution in [3.63, 3.8) is 0 Å². The van der Waals surface area contributed by atoms with Gasteiger partial charge in [0, 0.05) is 44.5 Å². The summed E-state index contributed by atoms with van der Waals surface area (Å²) in [5.74, 6) is -0.339. The van der Waals surface area contributed by atoms with Gasteiger partial charge in [-0.05, 0) is 43.6 Å². The number of esters is 2. The summed E-state index contributed by atoms with van der Waals surface area (Å²) in [6.45, 7) is 6.57. The van der Waals surface area contributed by atoms with Crippen molar-refractivity contribution >= 4 is 17.6 Å². The van der Waals surface area contributed by atoms with E-state index in [4.69, 9.17) is 9.47 Å². The number of piperidine rings is 1. The molecule has 4 rings (SSSR count). The number of anilines is 1. The lowest BCUT2D eigenvalue weighted by Gasteiger charge is -2.41. The average molecular weight is 480 g/mol. The van der Waals surface area contributed by atoms with Crippen LogP contribution in [0, 0.1) is 5.92 Å². The number of piperazine rings is 1. The molecule has 2 aromatic rings. The normalized spacial score (nSPS) is 18.7. The molecule has 0 radical (unpaired) electrons. The van der Waals surface area contributed by atoms with Gasteiger partial charge in [-0.15, -0.1) is 0 Å². The fourth-order valence-corrected chi connectivity index (χ4v) is 5.09. The summed E-state index contributed by atoms with van der Waals surface area (Å²) in [4.78, 5) is 32.0. The Kier molecular flexibility index (Phi) is 9.15. The second-order valence-corrected chi connectivity index (χ2v) is 9.46. The third-order valence-corrected chi connectivity index (χ3v) is 7.19. The molecule has 0 spiro atoms. The molecule has 188 valence electrons. The lowest BCUT2D eigenvalue weighted by Crippen LogP contribution is -2.53. The highest BCUT2D eigenvalue weighted by molar-refractivity contribution is 5.72. The van der Waals surface area contributed by atoms with Crippen molar-refractivity contribution < 1.29 is 19.1 Å². The van der Waals surface area contributed by atoms with E-state index in [-0.39, 0.29) is 23.9 Å². The van der Waals surface area contributed by atoms with Crippen LogP contribution in [-0.2, 0) is 25.7 Å². The van der Waals surface area contributed by atoms with Crippen LogP contribution in [0.25, 0.3) is 0 Å². The maximum Gasteiger partial charge on any atom is 0.308 e. The van der Waals surface area contributed by atoms with Gasteiger partial charge < -0.3 is 14.4 Å². The molecule has 2 saturated heterocycles. The molecule has 0 aliphatic carbocycles. The summed E-state index contributed by atoms with van der Waals surface area (Å²) in [6, 6.07) is 20.4. The predicted molar refractivity (Wildman–Crippen MR) is 136 cm³/mol. The van der Waals surface area contributed by atoms with Crippen LogP contribution in [0.4, 0.5) is 5.69 Å². The number of para-hydroxylation sites is 1. The van der Waals surface area contributed by atoms with Gasteiger partial charge >= 0.3 is 11.9 Å². The minimum Gasteiger partial charge on any atom is -0.469 e. The fraction of sp³-hybridized carbons (Fsp3) is 0.500. The Labute approximate surface area is 208 Å². The predicted octanol–water partition coefficient (Wildman–Crippen LogP) is 3.20. The van der Waals surface area contributed by atoms with Gasteiger partial charge in [-0.3, -0.25) is 19.4 Å². The largest absolute Gasteiger partial charge is 0.469 e. The minimum atomic E-state index is -0.170. The van der Waals surface area contributed by atoms with Gasteiger partial charge in [-0.2, -0.15) is 0 Å². The Balaban J connectivity index is 1.33. The number of carbonyl (C=O) groups is 2. The monoisotopic (exact) mass is 479 g/mol. The third-order valence-electron chi connectivity index (χ3n) is 7.19. The lowest BCUT2D eigenvalue weighted by molar-refractivity contribution is -0.149. The second-order valence-electron chi connectivity index (χ2n) is 9.46. The van der Waals surface area contributed by atoms with E-state index < -0.39 is 0 Å². The Morgan fingerprint density at radius 1 is 0.886 bits per heavy atom. The van der Waals surface area contributed by atoms with Crippen molar-refractivity contribution in [1.29, 1.82) is 0 Å². The molecule has 0 amide bonds. The molecule has 0 N–H and O–H groups in total. The van der Waals surface area contributed by atoms with Gasteiger partial charge in [0.25, 0.3) is 0 Å². The van der Waals surface area contributed by atoms with Crippen LogP contribution in [0.15, 0.2) is 60.7 Å². The summed E-state index contributed by atoms with van der Waals surface area (Å²) < 4.78 is 10.6. The van der Waals surface area contributed by atoms with E-state index in [1.807, 2.05) is 36.4 Å². The van der Waals surface area contributed by atoms with E-state index in [0.29, 0.717) is 13.0 Å². The number of likely N-dealkylation sites (tertiary alicyclic amines) is 1. The molecule has 2 fully saturated rings. The molecule has 2 heterocycles. The molecular weight excluding hydrogens is 442 g/mol. The second kappa shape index (κ2) is 12.7. The van der Waals surface area contributed by atoms with Crippen LogP contribution < -0.4 is 4.90 Å². The van der Waals surface area contributed by atoms with Gasteiger partial charge in [0.2, 0.25) is 0 Å². The van der Waals surface area contributed by atoms with Crippen molar-refractivity contribution in [2.75, 3.05) is 57.8 Å². The topological polar surface area (TPSA) is 62.3 Å². The summed E-state index contributed by atoms with van der Waals surface area (Å²) in [6.07, 6.45) is 1.89. The molecule has 0 aromatic heterocycles. The van der Waals surface area contributed by atoms with E-state index in [9.17, 15) is 9.59 Å². The molecule has 2 aliphatic rings. The highest BCUT2D eigenvalue weighted by Gasteiger charge is 2.32. The van der Waals surface area contributed by atoms with Crippen LogP contribution in [0.5, 0.6) is 0 Å². The third kappa shape index (κ3) is 7.29. The molecule has 0 saturated carbocycles. The summed E-state index contributed by atoms with van der Waals surface area (Å²) in [5.41, 5.74) is 2.26. The first-order chi connectivity index (χ1) is 17.1. The van der Waals surface area contributed by atoms with Crippen LogP contribution in [0.1, 0.15) is 24.8 Å². The van der Waals surface area contributed by atoms with E-state index in [1.165, 1.54) is 12.8 Å². The van der Waals surface area contributed by atoms with Gasteiger partial charge in [0.15, 0.2) is 0 Å². The molecule has 1 atom stereocenters. The Hall–Kier alpha value is -2.90. The SMILES string of the molecule is COC(=O)C1CCN(C(CC(=O)OCc2ccccc2)CN2CCN(c3ccccc3)CC2)CC1. The molecule has 7 nitrogen and oxygen atoms in total. The smallest absolute Gasteiger partial charge is 0.308 e. The number of nitrogens with zero attached hydrogens (tertiary/aromatic N) is 3. The number of methoxy groups -OCH3 is 1. The van der Waals surface area contributed by atoms with Crippen LogP contribution in [-0.4, -0.2) is 80.7 Å². The molecule has 2 aromatic carbocycles. The molecule has 0 bridgehead atoms. The molecule has 7 heteroatoms. The van der Waals surface area contributed by atoms with Crippen LogP contribution in [0.3, 0.4) is 0 Å². The zero-order chi connectivity index (χ0) is 24.5. The van der Waals surface area contributed by atoms with Gasteiger partial charge in [-0.1, -0.05) is 48.5 Å². The van der Waals surface area contributed by atoms with Gasteiger partial charge in [-0.25, -0.2) is 0 Å². The van der Waals surface area contributed by atoms with Crippen molar-refractivity contribution in [2.45, 2.75) is 31.9 Å². The number of rotatable bonds is 9. The van der Waals surface area contributed by atoms with E-state index in [0.717, 1.165) is 64.2 Å². The molecule has 35 heavy (non-hydrogen) atoms. The Morgan fingerprint density at radius 3 is 2.14 bits per heavy atom. The van der Waals surface area contributed by atoms with Gasteiger partial charge in [0.05, 0.1) is 19.4 Å². The van der Waals surface area contributed by atoms with Gasteiger partial charge in [0.1, 0.15) is 6.61 Å². The van der Waals surface area contributed by atoms with E-state index >= 15 is 0 Å². The minimum absolute atomic E-state index is 0.0450. The van der Waals surface area contributed by atoms with Crippen LogP contribution in [0.2, 0.25) is 0 Å². The van der Waals surface area contributed by atoms with Crippen LogP contribution >= 0.6 is 0 Å². The molecule has 2 aliphatic heterocycles. The summed E-state index contributed by atoms with van der Waals surface area (Å²) in [5, 5.41) is 0. The number of hydrogen-bond donors (Lipinski definition) is 0.